The lowest BCUT2D eigenvalue weighted by molar-refractivity contribution is 0.102. The highest BCUT2D eigenvalue weighted by Crippen LogP contribution is 2.36. The average Bonchev–Trinajstić information content (AvgIpc) is 3.15. The average molecular weight is 473 g/mol. The Morgan fingerprint density at radius 1 is 1.22 bits per heavy atom. The summed E-state index contributed by atoms with van der Waals surface area (Å²) in [6, 6.07) is 8.31. The summed E-state index contributed by atoms with van der Waals surface area (Å²) in [5, 5.41) is 13.1. The van der Waals surface area contributed by atoms with Gasteiger partial charge in [-0.3, -0.25) is 9.69 Å². The third-order valence-corrected chi connectivity index (χ3v) is 9.46. The lowest BCUT2D eigenvalue weighted by Gasteiger charge is -2.29. The van der Waals surface area contributed by atoms with Gasteiger partial charge in [-0.15, -0.1) is 11.3 Å². The number of fused-ring (bicyclic) bond motifs is 1. The fourth-order valence-electron chi connectivity index (χ4n) is 4.26. The molecule has 2 aliphatic rings. The van der Waals surface area contributed by atoms with E-state index in [0.29, 0.717) is 35.1 Å². The Balaban J connectivity index is 1.49. The van der Waals surface area contributed by atoms with Crippen molar-refractivity contribution in [2.75, 3.05) is 31.5 Å². The number of thiophene rings is 1. The molecule has 1 saturated heterocycles. The minimum Gasteiger partial charge on any atom is -0.312 e. The van der Waals surface area contributed by atoms with Crippen LogP contribution in [0.4, 0.5) is 5.00 Å². The normalized spacial score (nSPS) is 18.2. The number of hydrogen-bond donors (Lipinski definition) is 1. The molecule has 1 amide bonds. The molecule has 170 valence electrons. The van der Waals surface area contributed by atoms with Gasteiger partial charge in [-0.2, -0.15) is 9.57 Å². The van der Waals surface area contributed by atoms with E-state index in [1.807, 2.05) is 0 Å². The second kappa shape index (κ2) is 9.32. The fourth-order valence-corrected chi connectivity index (χ4v) is 6.97. The number of carbonyl (C=O) groups excluding carboxylic acids is 1. The highest BCUT2D eigenvalue weighted by Gasteiger charge is 2.28. The van der Waals surface area contributed by atoms with E-state index in [0.717, 1.165) is 49.3 Å². The van der Waals surface area contributed by atoms with Crippen LogP contribution in [-0.4, -0.2) is 49.7 Å². The number of sulfonamides is 1. The minimum absolute atomic E-state index is 0.201. The van der Waals surface area contributed by atoms with Gasteiger partial charge in [-0.05, 0) is 61.6 Å². The topological polar surface area (TPSA) is 93.5 Å². The Labute approximate surface area is 193 Å². The van der Waals surface area contributed by atoms with Gasteiger partial charge < -0.3 is 5.32 Å². The molecular weight excluding hydrogens is 444 g/mol. The van der Waals surface area contributed by atoms with Crippen molar-refractivity contribution < 1.29 is 13.2 Å². The molecule has 1 fully saturated rings. The maximum atomic E-state index is 12.9. The van der Waals surface area contributed by atoms with Gasteiger partial charge in [0, 0.05) is 36.6 Å². The summed E-state index contributed by atoms with van der Waals surface area (Å²) in [5.74, 6) is 0.196. The van der Waals surface area contributed by atoms with Crippen LogP contribution in [0.25, 0.3) is 0 Å². The number of carbonyl (C=O) groups is 1. The van der Waals surface area contributed by atoms with Crippen molar-refractivity contribution in [3.63, 3.8) is 0 Å². The number of nitriles is 1. The van der Waals surface area contributed by atoms with Gasteiger partial charge in [-0.1, -0.05) is 13.8 Å². The van der Waals surface area contributed by atoms with E-state index in [4.69, 9.17) is 0 Å². The van der Waals surface area contributed by atoms with Gasteiger partial charge in [0.1, 0.15) is 11.1 Å². The van der Waals surface area contributed by atoms with Gasteiger partial charge in [0.05, 0.1) is 10.5 Å². The maximum absolute atomic E-state index is 12.9. The molecule has 3 heterocycles. The molecule has 32 heavy (non-hydrogen) atoms. The number of nitrogens with zero attached hydrogens (tertiary/aromatic N) is 3. The maximum Gasteiger partial charge on any atom is 0.256 e. The summed E-state index contributed by atoms with van der Waals surface area (Å²) in [5.41, 5.74) is 1.95. The van der Waals surface area contributed by atoms with Crippen molar-refractivity contribution in [3.8, 4) is 6.07 Å². The molecule has 2 aliphatic heterocycles. The first-order valence-electron chi connectivity index (χ1n) is 11.0. The number of hydrogen-bond acceptors (Lipinski definition) is 6. The molecule has 1 N–H and O–H groups in total. The highest BCUT2D eigenvalue weighted by atomic mass is 32.2. The highest BCUT2D eigenvalue weighted by molar-refractivity contribution is 7.89. The van der Waals surface area contributed by atoms with E-state index in [2.05, 4.69) is 30.1 Å². The number of piperidine rings is 1. The van der Waals surface area contributed by atoms with Crippen LogP contribution in [0.3, 0.4) is 0 Å². The second-order valence-electron chi connectivity index (χ2n) is 8.50. The molecule has 9 heteroatoms. The molecule has 0 atom stereocenters. The number of anilines is 1. The van der Waals surface area contributed by atoms with E-state index in [1.54, 1.807) is 0 Å². The van der Waals surface area contributed by atoms with Crippen molar-refractivity contribution in [3.05, 3.63) is 45.8 Å². The summed E-state index contributed by atoms with van der Waals surface area (Å²) in [6.07, 6.45) is 2.53. The third kappa shape index (κ3) is 4.46. The smallest absolute Gasteiger partial charge is 0.256 e. The Hall–Kier alpha value is -2.25. The van der Waals surface area contributed by atoms with Crippen molar-refractivity contribution in [1.29, 1.82) is 5.26 Å². The Bertz CT molecular complexity index is 1140. The van der Waals surface area contributed by atoms with Crippen LogP contribution in [0.2, 0.25) is 0 Å². The first-order chi connectivity index (χ1) is 15.3. The Kier molecular flexibility index (Phi) is 6.67. The number of amides is 1. The molecule has 1 aromatic carbocycles. The molecule has 7 nitrogen and oxygen atoms in total. The van der Waals surface area contributed by atoms with Crippen LogP contribution < -0.4 is 5.32 Å². The minimum atomic E-state index is -3.55. The number of benzene rings is 1. The summed E-state index contributed by atoms with van der Waals surface area (Å²) in [4.78, 5) is 16.5. The van der Waals surface area contributed by atoms with Gasteiger partial charge in [0.15, 0.2) is 0 Å². The van der Waals surface area contributed by atoms with Crippen LogP contribution >= 0.6 is 11.3 Å². The van der Waals surface area contributed by atoms with Crippen molar-refractivity contribution >= 4 is 32.3 Å². The largest absolute Gasteiger partial charge is 0.312 e. The number of likely N-dealkylation sites (N-methyl/N-ethyl adjacent to an activating group) is 1. The zero-order valence-corrected chi connectivity index (χ0v) is 20.1. The zero-order chi connectivity index (χ0) is 22.9. The van der Waals surface area contributed by atoms with Gasteiger partial charge >= 0.3 is 0 Å². The van der Waals surface area contributed by atoms with E-state index in [9.17, 15) is 18.5 Å². The van der Waals surface area contributed by atoms with E-state index >= 15 is 0 Å². The molecule has 2 aromatic rings. The van der Waals surface area contributed by atoms with Crippen LogP contribution in [0.15, 0.2) is 29.2 Å². The number of rotatable bonds is 5. The molecule has 0 saturated carbocycles. The molecule has 0 aliphatic carbocycles. The van der Waals surface area contributed by atoms with E-state index < -0.39 is 10.0 Å². The SMILES string of the molecule is CCN1CCc2c(sc(NC(=O)c3ccc(S(=O)(=O)N4CCC(C)CC4)cc3)c2C#N)C1. The molecule has 0 bridgehead atoms. The fraction of sp³-hybridized carbons (Fsp3) is 0.478. The molecule has 0 unspecified atom stereocenters. The van der Waals surface area contributed by atoms with Crippen LogP contribution in [0.1, 0.15) is 53.1 Å². The van der Waals surface area contributed by atoms with E-state index in [-0.39, 0.29) is 10.8 Å². The van der Waals surface area contributed by atoms with E-state index in [1.165, 1.54) is 39.9 Å². The quantitative estimate of drug-likeness (QED) is 0.717. The van der Waals surface area contributed by atoms with Crippen molar-refractivity contribution in [2.24, 2.45) is 5.92 Å². The standard InChI is InChI=1S/C23H28N4O3S2/c1-3-26-11-10-19-20(14-24)23(31-21(19)15-26)25-22(28)17-4-6-18(7-5-17)32(29,30)27-12-8-16(2)9-13-27/h4-7,16H,3,8-13,15H2,1-2H3,(H,25,28). The first kappa shape index (κ1) is 22.9. The molecular formula is C23H28N4O3S2. The molecule has 0 spiro atoms. The first-order valence-corrected chi connectivity index (χ1v) is 13.3. The zero-order valence-electron chi connectivity index (χ0n) is 18.4. The van der Waals surface area contributed by atoms with Crippen molar-refractivity contribution in [1.82, 2.24) is 9.21 Å². The van der Waals surface area contributed by atoms with Gasteiger partial charge in [0.2, 0.25) is 10.0 Å². The lowest BCUT2D eigenvalue weighted by Crippen LogP contribution is -2.37. The second-order valence-corrected chi connectivity index (χ2v) is 11.5. The van der Waals surface area contributed by atoms with Gasteiger partial charge in [0.25, 0.3) is 5.91 Å². The van der Waals surface area contributed by atoms with Crippen LogP contribution in [0.5, 0.6) is 0 Å². The summed E-state index contributed by atoms with van der Waals surface area (Å²) in [6.45, 7) is 7.97. The third-order valence-electron chi connectivity index (χ3n) is 6.42. The van der Waals surface area contributed by atoms with Crippen LogP contribution in [0, 0.1) is 17.2 Å². The molecule has 1 aromatic heterocycles. The summed E-state index contributed by atoms with van der Waals surface area (Å²) in [7, 11) is -3.55. The monoisotopic (exact) mass is 472 g/mol. The Morgan fingerprint density at radius 3 is 2.53 bits per heavy atom. The summed E-state index contributed by atoms with van der Waals surface area (Å²) < 4.78 is 27.3. The predicted octanol–water partition coefficient (Wildman–Crippen LogP) is 3.67. The van der Waals surface area contributed by atoms with Crippen molar-refractivity contribution in [2.45, 2.75) is 44.6 Å². The molecule has 0 radical (unpaired) electrons. The molecule has 4 rings (SSSR count). The number of nitrogens with one attached hydrogen (secondary N) is 1. The van der Waals surface area contributed by atoms with Gasteiger partial charge in [-0.25, -0.2) is 8.42 Å². The van der Waals surface area contributed by atoms with Crippen LogP contribution in [-0.2, 0) is 23.0 Å². The predicted molar refractivity (Wildman–Crippen MR) is 125 cm³/mol. The Morgan fingerprint density at radius 2 is 1.91 bits per heavy atom. The summed E-state index contributed by atoms with van der Waals surface area (Å²) >= 11 is 1.46. The lowest BCUT2D eigenvalue weighted by atomic mass is 10.0.